The van der Waals surface area contributed by atoms with Gasteiger partial charge >= 0.3 is 0 Å². The SMILES string of the molecule is Nc1cccc(OCCS(=O)(=O)NCCSCCCO)c1. The lowest BCUT2D eigenvalue weighted by atomic mass is 10.3. The number of ether oxygens (including phenoxy) is 1. The van der Waals surface area contributed by atoms with Crippen LogP contribution in [0, 0.1) is 0 Å². The highest BCUT2D eigenvalue weighted by Crippen LogP contribution is 2.14. The largest absolute Gasteiger partial charge is 0.492 e. The van der Waals surface area contributed by atoms with E-state index in [9.17, 15) is 8.42 Å². The molecule has 6 nitrogen and oxygen atoms in total. The Labute approximate surface area is 130 Å². The van der Waals surface area contributed by atoms with E-state index in [0.29, 0.717) is 23.7 Å². The zero-order valence-corrected chi connectivity index (χ0v) is 13.5. The number of hydrogen-bond acceptors (Lipinski definition) is 6. The van der Waals surface area contributed by atoms with Crippen LogP contribution in [-0.2, 0) is 10.0 Å². The van der Waals surface area contributed by atoms with Crippen molar-refractivity contribution < 1.29 is 18.3 Å². The van der Waals surface area contributed by atoms with E-state index in [0.717, 1.165) is 12.2 Å². The molecule has 0 fully saturated rings. The highest BCUT2D eigenvalue weighted by molar-refractivity contribution is 7.99. The Bertz CT molecular complexity index is 509. The molecular formula is C13H22N2O4S2. The van der Waals surface area contributed by atoms with Crippen molar-refractivity contribution in [1.29, 1.82) is 0 Å². The van der Waals surface area contributed by atoms with Crippen LogP contribution in [0.4, 0.5) is 5.69 Å². The maximum atomic E-state index is 11.7. The fourth-order valence-electron chi connectivity index (χ4n) is 1.48. The van der Waals surface area contributed by atoms with Gasteiger partial charge in [-0.3, -0.25) is 0 Å². The van der Waals surface area contributed by atoms with E-state index < -0.39 is 10.0 Å². The van der Waals surface area contributed by atoms with Crippen LogP contribution in [0.1, 0.15) is 6.42 Å². The maximum Gasteiger partial charge on any atom is 0.214 e. The minimum atomic E-state index is -3.32. The first-order chi connectivity index (χ1) is 10.0. The fraction of sp³-hybridized carbons (Fsp3) is 0.538. The van der Waals surface area contributed by atoms with Crippen molar-refractivity contribution >= 4 is 27.5 Å². The first-order valence-corrected chi connectivity index (χ1v) is 9.48. The highest BCUT2D eigenvalue weighted by Gasteiger charge is 2.09. The molecule has 0 bridgehead atoms. The molecule has 0 heterocycles. The molecule has 1 rings (SSSR count). The summed E-state index contributed by atoms with van der Waals surface area (Å²) in [6, 6.07) is 6.87. The summed E-state index contributed by atoms with van der Waals surface area (Å²) in [6.07, 6.45) is 0.728. The van der Waals surface area contributed by atoms with Crippen molar-refractivity contribution in [2.75, 3.05) is 42.8 Å². The lowest BCUT2D eigenvalue weighted by Gasteiger charge is -2.08. The minimum Gasteiger partial charge on any atom is -0.492 e. The maximum absolute atomic E-state index is 11.7. The van der Waals surface area contributed by atoms with Crippen molar-refractivity contribution in [3.8, 4) is 5.75 Å². The Balaban J connectivity index is 2.17. The summed E-state index contributed by atoms with van der Waals surface area (Å²) in [5.41, 5.74) is 6.18. The molecule has 0 saturated carbocycles. The van der Waals surface area contributed by atoms with E-state index >= 15 is 0 Å². The second kappa shape index (κ2) is 9.88. The molecule has 0 aliphatic heterocycles. The standard InChI is InChI=1S/C13H22N2O4S2/c14-12-3-1-4-13(11-12)19-7-10-21(17,18)15-5-9-20-8-2-6-16/h1,3-4,11,15-16H,2,5-10,14H2. The van der Waals surface area contributed by atoms with Crippen LogP contribution in [-0.4, -0.2) is 50.5 Å². The number of rotatable bonds is 11. The van der Waals surface area contributed by atoms with Gasteiger partial charge in [0.05, 0.1) is 5.75 Å². The number of nitrogens with two attached hydrogens (primary N) is 1. The van der Waals surface area contributed by atoms with Gasteiger partial charge in [0.15, 0.2) is 0 Å². The van der Waals surface area contributed by atoms with Gasteiger partial charge in [-0.05, 0) is 24.3 Å². The van der Waals surface area contributed by atoms with Crippen molar-refractivity contribution in [1.82, 2.24) is 4.72 Å². The Morgan fingerprint density at radius 3 is 2.86 bits per heavy atom. The number of thioether (sulfide) groups is 1. The van der Waals surface area contributed by atoms with Crippen LogP contribution in [0.25, 0.3) is 0 Å². The third kappa shape index (κ3) is 8.82. The second-order valence-corrected chi connectivity index (χ2v) is 7.47. The zero-order valence-electron chi connectivity index (χ0n) is 11.8. The van der Waals surface area contributed by atoms with Crippen molar-refractivity contribution in [2.24, 2.45) is 0 Å². The van der Waals surface area contributed by atoms with Crippen molar-refractivity contribution in [3.05, 3.63) is 24.3 Å². The molecule has 4 N–H and O–H groups in total. The summed E-state index contributed by atoms with van der Waals surface area (Å²) in [7, 11) is -3.32. The number of benzene rings is 1. The van der Waals surface area contributed by atoms with Crippen LogP contribution >= 0.6 is 11.8 Å². The molecule has 0 amide bonds. The van der Waals surface area contributed by atoms with Crippen LogP contribution in [0.5, 0.6) is 5.75 Å². The van der Waals surface area contributed by atoms with E-state index in [4.69, 9.17) is 15.6 Å². The second-order valence-electron chi connectivity index (χ2n) is 4.32. The molecule has 1 aromatic carbocycles. The Kier molecular flexibility index (Phi) is 8.51. The van der Waals surface area contributed by atoms with Crippen LogP contribution in [0.3, 0.4) is 0 Å². The normalized spacial score (nSPS) is 11.5. The first kappa shape index (κ1) is 18.1. The molecule has 0 atom stereocenters. The monoisotopic (exact) mass is 334 g/mol. The summed E-state index contributed by atoms with van der Waals surface area (Å²) in [5, 5.41) is 8.61. The lowest BCUT2D eigenvalue weighted by molar-refractivity contribution is 0.296. The van der Waals surface area contributed by atoms with Crippen LogP contribution < -0.4 is 15.2 Å². The molecule has 0 aliphatic carbocycles. The summed E-state index contributed by atoms with van der Waals surface area (Å²) < 4.78 is 31.3. The summed E-state index contributed by atoms with van der Waals surface area (Å²) >= 11 is 1.61. The van der Waals surface area contributed by atoms with Gasteiger partial charge in [-0.25, -0.2) is 13.1 Å². The number of aliphatic hydroxyl groups excluding tert-OH is 1. The Morgan fingerprint density at radius 1 is 1.33 bits per heavy atom. The van der Waals surface area contributed by atoms with E-state index in [1.54, 1.807) is 36.0 Å². The number of hydrogen-bond donors (Lipinski definition) is 3. The smallest absolute Gasteiger partial charge is 0.214 e. The predicted octanol–water partition coefficient (Wildman–Crippen LogP) is 0.683. The molecule has 120 valence electrons. The van der Waals surface area contributed by atoms with Gasteiger partial charge in [0.25, 0.3) is 0 Å². The van der Waals surface area contributed by atoms with Crippen LogP contribution in [0.15, 0.2) is 24.3 Å². The zero-order chi connectivity index (χ0) is 15.6. The molecule has 0 unspecified atom stereocenters. The van der Waals surface area contributed by atoms with Gasteiger partial charge in [-0.2, -0.15) is 11.8 Å². The number of anilines is 1. The van der Waals surface area contributed by atoms with Crippen LogP contribution in [0.2, 0.25) is 0 Å². The quantitative estimate of drug-likeness (QED) is 0.406. The summed E-state index contributed by atoms with van der Waals surface area (Å²) in [4.78, 5) is 0. The Morgan fingerprint density at radius 2 is 2.14 bits per heavy atom. The molecule has 0 spiro atoms. The summed E-state index contributed by atoms with van der Waals surface area (Å²) in [5.74, 6) is 1.99. The number of aliphatic hydroxyl groups is 1. The van der Waals surface area contributed by atoms with E-state index in [2.05, 4.69) is 4.72 Å². The van der Waals surface area contributed by atoms with Gasteiger partial charge < -0.3 is 15.6 Å². The average molecular weight is 334 g/mol. The van der Waals surface area contributed by atoms with Crippen molar-refractivity contribution in [3.63, 3.8) is 0 Å². The van der Waals surface area contributed by atoms with Gasteiger partial charge in [-0.15, -0.1) is 0 Å². The van der Waals surface area contributed by atoms with Gasteiger partial charge in [0, 0.05) is 30.7 Å². The minimum absolute atomic E-state index is 0.0798. The van der Waals surface area contributed by atoms with E-state index in [1.165, 1.54) is 0 Å². The first-order valence-electron chi connectivity index (χ1n) is 6.68. The number of nitrogens with one attached hydrogen (secondary N) is 1. The lowest BCUT2D eigenvalue weighted by Crippen LogP contribution is -2.30. The molecular weight excluding hydrogens is 312 g/mol. The van der Waals surface area contributed by atoms with Gasteiger partial charge in [0.2, 0.25) is 10.0 Å². The fourth-order valence-corrected chi connectivity index (χ4v) is 3.26. The van der Waals surface area contributed by atoms with E-state index in [-0.39, 0.29) is 19.0 Å². The molecule has 21 heavy (non-hydrogen) atoms. The molecule has 0 radical (unpaired) electrons. The third-order valence-electron chi connectivity index (χ3n) is 2.49. The average Bonchev–Trinajstić information content (AvgIpc) is 2.42. The third-order valence-corrected chi connectivity index (χ3v) is 4.91. The highest BCUT2D eigenvalue weighted by atomic mass is 32.2. The number of sulfonamides is 1. The topological polar surface area (TPSA) is 102 Å². The van der Waals surface area contributed by atoms with E-state index in [1.807, 2.05) is 0 Å². The molecule has 1 aromatic rings. The molecule has 8 heteroatoms. The summed E-state index contributed by atoms with van der Waals surface area (Å²) in [6.45, 7) is 0.632. The molecule has 0 aromatic heterocycles. The molecule has 0 aliphatic rings. The van der Waals surface area contributed by atoms with Gasteiger partial charge in [-0.1, -0.05) is 6.07 Å². The Hall–Kier alpha value is -0.960. The van der Waals surface area contributed by atoms with Crippen molar-refractivity contribution in [2.45, 2.75) is 6.42 Å². The van der Waals surface area contributed by atoms with Gasteiger partial charge in [0.1, 0.15) is 12.4 Å². The predicted molar refractivity (Wildman–Crippen MR) is 87.2 cm³/mol. The number of nitrogen functional groups attached to an aromatic ring is 1. The molecule has 0 saturated heterocycles.